The number of amides is 1. The molecule has 1 atom stereocenters. The van der Waals surface area contributed by atoms with E-state index in [9.17, 15) is 4.79 Å². The molecule has 3 heterocycles. The lowest BCUT2D eigenvalue weighted by molar-refractivity contribution is -0.120. The summed E-state index contributed by atoms with van der Waals surface area (Å²) in [6.45, 7) is 6.18. The first-order chi connectivity index (χ1) is 12.6. The molecule has 0 saturated carbocycles. The molecule has 0 aliphatic carbocycles. The average molecular weight is 374 g/mol. The molecule has 7 heteroatoms. The minimum atomic E-state index is -0.228. The highest BCUT2D eigenvalue weighted by Gasteiger charge is 2.30. The topological polar surface area (TPSA) is 60.9 Å². The lowest BCUT2D eigenvalue weighted by Crippen LogP contribution is -2.39. The van der Waals surface area contributed by atoms with Crippen molar-refractivity contribution >= 4 is 32.6 Å². The summed E-state index contributed by atoms with van der Waals surface area (Å²) in [5, 5.41) is 0.671. The summed E-state index contributed by atoms with van der Waals surface area (Å²) >= 11 is 1.53. The highest BCUT2D eigenvalue weighted by molar-refractivity contribution is 7.22. The maximum absolute atomic E-state index is 13.1. The molecule has 1 aromatic heterocycles. The Kier molecular flexibility index (Phi) is 4.82. The van der Waals surface area contributed by atoms with Crippen LogP contribution in [0.1, 0.15) is 24.0 Å². The molecule has 0 bridgehead atoms. The Morgan fingerprint density at radius 1 is 1.31 bits per heavy atom. The Hall–Kier alpha value is -2.12. The first-order valence-electron chi connectivity index (χ1n) is 8.87. The number of fused-ring (bicyclic) bond motifs is 1. The third-order valence-corrected chi connectivity index (χ3v) is 5.78. The van der Waals surface area contributed by atoms with E-state index in [1.54, 1.807) is 4.90 Å². The van der Waals surface area contributed by atoms with E-state index >= 15 is 0 Å². The van der Waals surface area contributed by atoms with Crippen LogP contribution in [0.2, 0.25) is 0 Å². The van der Waals surface area contributed by atoms with Gasteiger partial charge in [-0.15, -0.1) is 0 Å². The van der Waals surface area contributed by atoms with E-state index in [4.69, 9.17) is 19.2 Å². The van der Waals surface area contributed by atoms with Gasteiger partial charge in [-0.25, -0.2) is 4.98 Å². The molecule has 2 aliphatic rings. The van der Waals surface area contributed by atoms with Gasteiger partial charge in [0.2, 0.25) is 5.76 Å². The van der Waals surface area contributed by atoms with Gasteiger partial charge in [-0.3, -0.25) is 9.69 Å². The molecule has 1 amide bonds. The van der Waals surface area contributed by atoms with Gasteiger partial charge in [0.25, 0.3) is 5.91 Å². The van der Waals surface area contributed by atoms with Crippen molar-refractivity contribution in [2.24, 2.45) is 0 Å². The molecule has 138 valence electrons. The van der Waals surface area contributed by atoms with E-state index < -0.39 is 0 Å². The Morgan fingerprint density at radius 3 is 2.92 bits per heavy atom. The summed E-state index contributed by atoms with van der Waals surface area (Å²) in [4.78, 5) is 19.5. The molecule has 4 rings (SSSR count). The summed E-state index contributed by atoms with van der Waals surface area (Å²) < 4.78 is 17.6. The van der Waals surface area contributed by atoms with Crippen molar-refractivity contribution in [3.63, 3.8) is 0 Å². The number of rotatable bonds is 4. The molecule has 0 N–H and O–H groups in total. The first kappa shape index (κ1) is 17.3. The SMILES string of the molecule is Cc1cc(C)c2sc(N(CC3CCCO3)C(=O)C3=COCCO3)nc2c1. The highest BCUT2D eigenvalue weighted by atomic mass is 32.1. The lowest BCUT2D eigenvalue weighted by Gasteiger charge is -2.25. The minimum absolute atomic E-state index is 0.0268. The van der Waals surface area contributed by atoms with Crippen LogP contribution in [-0.2, 0) is 19.0 Å². The molecule has 0 radical (unpaired) electrons. The monoisotopic (exact) mass is 374 g/mol. The zero-order chi connectivity index (χ0) is 18.1. The third-order valence-electron chi connectivity index (χ3n) is 4.55. The van der Waals surface area contributed by atoms with Gasteiger partial charge in [-0.1, -0.05) is 17.4 Å². The van der Waals surface area contributed by atoms with Crippen molar-refractivity contribution in [2.75, 3.05) is 31.3 Å². The number of aryl methyl sites for hydroxylation is 2. The number of aromatic nitrogens is 1. The fourth-order valence-corrected chi connectivity index (χ4v) is 4.36. The van der Waals surface area contributed by atoms with E-state index in [1.807, 2.05) is 0 Å². The van der Waals surface area contributed by atoms with Crippen LogP contribution in [0.15, 0.2) is 24.2 Å². The van der Waals surface area contributed by atoms with Gasteiger partial charge in [-0.05, 0) is 43.9 Å². The predicted octanol–water partition coefficient (Wildman–Crippen LogP) is 3.31. The van der Waals surface area contributed by atoms with Crippen LogP contribution in [0, 0.1) is 13.8 Å². The number of hydrogen-bond donors (Lipinski definition) is 0. The predicted molar refractivity (Wildman–Crippen MR) is 100 cm³/mol. The molecule has 1 unspecified atom stereocenters. The number of thiazole rings is 1. The molecule has 0 spiro atoms. The van der Waals surface area contributed by atoms with Gasteiger partial charge in [0.05, 0.1) is 22.9 Å². The fourth-order valence-electron chi connectivity index (χ4n) is 3.33. The van der Waals surface area contributed by atoms with Gasteiger partial charge in [-0.2, -0.15) is 0 Å². The fraction of sp³-hybridized carbons (Fsp3) is 0.474. The summed E-state index contributed by atoms with van der Waals surface area (Å²) in [6, 6.07) is 4.19. The number of ether oxygens (including phenoxy) is 3. The summed E-state index contributed by atoms with van der Waals surface area (Å²) in [5.41, 5.74) is 3.25. The molecule has 1 saturated heterocycles. The number of carbonyl (C=O) groups excluding carboxylic acids is 1. The van der Waals surface area contributed by atoms with Crippen molar-refractivity contribution in [1.29, 1.82) is 0 Å². The Bertz CT molecular complexity index is 855. The quantitative estimate of drug-likeness (QED) is 0.822. The number of nitrogens with zero attached hydrogens (tertiary/aromatic N) is 2. The Labute approximate surface area is 156 Å². The standard InChI is InChI=1S/C19H22N2O4S/c1-12-8-13(2)17-15(9-12)20-19(26-17)21(10-14-4-3-5-24-14)18(22)16-11-23-6-7-25-16/h8-9,11,14H,3-7,10H2,1-2H3. The molecule has 6 nitrogen and oxygen atoms in total. The summed E-state index contributed by atoms with van der Waals surface area (Å²) in [6.07, 6.45) is 3.40. The minimum Gasteiger partial charge on any atom is -0.494 e. The van der Waals surface area contributed by atoms with Crippen molar-refractivity contribution in [1.82, 2.24) is 4.98 Å². The van der Waals surface area contributed by atoms with Gasteiger partial charge < -0.3 is 14.2 Å². The van der Waals surface area contributed by atoms with Gasteiger partial charge in [0.15, 0.2) is 5.13 Å². The number of benzene rings is 1. The van der Waals surface area contributed by atoms with Gasteiger partial charge in [0, 0.05) is 6.61 Å². The summed E-state index contributed by atoms with van der Waals surface area (Å²) in [5.74, 6) is -0.00460. The largest absolute Gasteiger partial charge is 0.494 e. The average Bonchev–Trinajstić information content (AvgIpc) is 3.29. The molecular formula is C19H22N2O4S. The molecule has 1 fully saturated rings. The van der Waals surface area contributed by atoms with E-state index in [0.29, 0.717) is 24.9 Å². The lowest BCUT2D eigenvalue weighted by atomic mass is 10.1. The van der Waals surface area contributed by atoms with Crippen molar-refractivity contribution < 1.29 is 19.0 Å². The van der Waals surface area contributed by atoms with E-state index in [-0.39, 0.29) is 17.8 Å². The molecule has 2 aromatic rings. The van der Waals surface area contributed by atoms with Crippen LogP contribution >= 0.6 is 11.3 Å². The van der Waals surface area contributed by atoms with Crippen LogP contribution in [0.4, 0.5) is 5.13 Å². The number of carbonyl (C=O) groups is 1. The van der Waals surface area contributed by atoms with E-state index in [1.165, 1.54) is 23.2 Å². The van der Waals surface area contributed by atoms with Crippen LogP contribution in [0.3, 0.4) is 0 Å². The number of anilines is 1. The second-order valence-electron chi connectivity index (χ2n) is 6.68. The van der Waals surface area contributed by atoms with Gasteiger partial charge >= 0.3 is 0 Å². The molecule has 26 heavy (non-hydrogen) atoms. The van der Waals surface area contributed by atoms with Crippen molar-refractivity contribution in [3.8, 4) is 0 Å². The first-order valence-corrected chi connectivity index (χ1v) is 9.69. The zero-order valence-electron chi connectivity index (χ0n) is 15.0. The van der Waals surface area contributed by atoms with Gasteiger partial charge in [0.1, 0.15) is 19.5 Å². The second-order valence-corrected chi connectivity index (χ2v) is 7.66. The molecular weight excluding hydrogens is 352 g/mol. The number of hydrogen-bond acceptors (Lipinski definition) is 6. The normalized spacial score (nSPS) is 19.8. The molecule has 1 aromatic carbocycles. The highest BCUT2D eigenvalue weighted by Crippen LogP contribution is 2.33. The van der Waals surface area contributed by atoms with Crippen LogP contribution in [-0.4, -0.2) is 43.4 Å². The van der Waals surface area contributed by atoms with E-state index in [2.05, 4.69) is 26.0 Å². The van der Waals surface area contributed by atoms with E-state index in [0.717, 1.165) is 35.2 Å². The second kappa shape index (κ2) is 7.25. The van der Waals surface area contributed by atoms with Crippen molar-refractivity contribution in [2.45, 2.75) is 32.8 Å². The zero-order valence-corrected chi connectivity index (χ0v) is 15.8. The smallest absolute Gasteiger partial charge is 0.298 e. The Balaban J connectivity index is 1.70. The molecule has 2 aliphatic heterocycles. The maximum atomic E-state index is 13.1. The van der Waals surface area contributed by atoms with Crippen molar-refractivity contribution in [3.05, 3.63) is 35.3 Å². The van der Waals surface area contributed by atoms with Crippen LogP contribution in [0.25, 0.3) is 10.2 Å². The van der Waals surface area contributed by atoms with Crippen LogP contribution in [0.5, 0.6) is 0 Å². The maximum Gasteiger partial charge on any atom is 0.298 e. The summed E-state index contributed by atoms with van der Waals surface area (Å²) in [7, 11) is 0. The Morgan fingerprint density at radius 2 is 2.19 bits per heavy atom. The third kappa shape index (κ3) is 3.41. The van der Waals surface area contributed by atoms with Crippen LogP contribution < -0.4 is 4.90 Å².